The molecule has 4 N–H and O–H groups in total. The van der Waals surface area contributed by atoms with Crippen molar-refractivity contribution in [2.75, 3.05) is 36.9 Å². The number of carboxylic acid groups (broad SMARTS) is 2. The third-order valence-corrected chi connectivity index (χ3v) is 13.8. The molecule has 0 aliphatic carbocycles. The first kappa shape index (κ1) is 65.9. The normalized spacial score (nSPS) is 23.5. The van der Waals surface area contributed by atoms with Crippen molar-refractivity contribution in [3.63, 3.8) is 0 Å². The van der Waals surface area contributed by atoms with Gasteiger partial charge in [0.25, 0.3) is 0 Å². The van der Waals surface area contributed by atoms with Crippen LogP contribution in [0, 0.1) is 0 Å². The molecule has 6 rings (SSSR count). The number of unbranched alkanes of at least 4 members (excludes halogenated alkanes) is 18. The van der Waals surface area contributed by atoms with Crippen molar-refractivity contribution in [1.82, 2.24) is 10.6 Å². The van der Waals surface area contributed by atoms with E-state index in [1.807, 2.05) is 27.7 Å². The second-order valence-corrected chi connectivity index (χ2v) is 21.5. The minimum Gasteiger partial charge on any atom is -0.550 e. The van der Waals surface area contributed by atoms with Crippen LogP contribution in [0.25, 0.3) is 0 Å². The Kier molecular flexibility index (Phi) is 30.1. The Hall–Kier alpha value is -3.63. The molecule has 4 aliphatic rings. The minimum absolute atomic E-state index is 0. The summed E-state index contributed by atoms with van der Waals surface area (Å²) in [5.74, 6) is -3.78. The summed E-state index contributed by atoms with van der Waals surface area (Å²) in [4.78, 5) is 46.3. The van der Waals surface area contributed by atoms with Gasteiger partial charge >= 0.3 is 35.1 Å². The average molecular weight is 1090 g/mol. The van der Waals surface area contributed by atoms with Gasteiger partial charge in [0, 0.05) is 62.5 Å². The van der Waals surface area contributed by atoms with Gasteiger partial charge in [0.2, 0.25) is 0 Å². The summed E-state index contributed by atoms with van der Waals surface area (Å²) in [6.45, 7) is 13.6. The second kappa shape index (κ2) is 35.2. The van der Waals surface area contributed by atoms with Gasteiger partial charge in [-0.2, -0.15) is 0 Å². The van der Waals surface area contributed by atoms with E-state index in [2.05, 4.69) is 35.1 Å². The van der Waals surface area contributed by atoms with Crippen LogP contribution in [-0.4, -0.2) is 134 Å². The molecule has 2 aromatic rings. The summed E-state index contributed by atoms with van der Waals surface area (Å²) in [7, 11) is 0. The number of carbonyl (C=O) groups is 4. The molecule has 428 valence electrons. The number of amides is 4. The van der Waals surface area contributed by atoms with Crippen molar-refractivity contribution < 1.29 is 67.3 Å². The van der Waals surface area contributed by atoms with E-state index < -0.39 is 60.4 Å². The summed E-state index contributed by atoms with van der Waals surface area (Å²) < 4.78 is 48.5. The zero-order chi connectivity index (χ0) is 54.8. The van der Waals surface area contributed by atoms with Crippen molar-refractivity contribution in [2.24, 2.45) is 0 Å². The molecule has 19 heteroatoms. The Morgan fingerprint density at radius 3 is 1.08 bits per heavy atom. The number of urea groups is 2. The Labute approximate surface area is 474 Å². The fourth-order valence-electron chi connectivity index (χ4n) is 9.94. The zero-order valence-electron chi connectivity index (χ0n) is 47.0. The van der Waals surface area contributed by atoms with E-state index in [0.717, 1.165) is 25.7 Å². The predicted molar refractivity (Wildman–Crippen MR) is 291 cm³/mol. The maximum atomic E-state index is 12.4. The number of fused-ring (bicyclic) bond motifs is 2. The summed E-state index contributed by atoms with van der Waals surface area (Å²) in [5, 5.41) is 32.5. The molecule has 0 saturated carbocycles. The second-order valence-electron chi connectivity index (χ2n) is 21.5. The molecule has 18 nitrogen and oxygen atoms in total. The van der Waals surface area contributed by atoms with E-state index in [0.29, 0.717) is 35.7 Å². The van der Waals surface area contributed by atoms with Gasteiger partial charge in [-0.1, -0.05) is 154 Å². The molecular formula is C58H90MgN4O14. The predicted octanol–water partition coefficient (Wildman–Crippen LogP) is 8.19. The van der Waals surface area contributed by atoms with Crippen LogP contribution in [0.3, 0.4) is 0 Å². The maximum Gasteiger partial charge on any atom is 2.00 e. The van der Waals surface area contributed by atoms with E-state index in [9.17, 15) is 29.4 Å². The van der Waals surface area contributed by atoms with Crippen LogP contribution in [0.1, 0.15) is 181 Å². The number of hydrogen-bond donors (Lipinski definition) is 4. The average Bonchev–Trinajstić information content (AvgIpc) is 4.10. The molecule has 4 aliphatic heterocycles. The number of aliphatic carboxylic acids is 2. The van der Waals surface area contributed by atoms with E-state index in [1.165, 1.54) is 103 Å². The van der Waals surface area contributed by atoms with E-state index in [1.54, 1.807) is 48.5 Å². The summed E-state index contributed by atoms with van der Waals surface area (Å²) >= 11 is 0. The van der Waals surface area contributed by atoms with Crippen molar-refractivity contribution in [3.05, 3.63) is 59.7 Å². The SMILES string of the molecule is CCCCCCCCCCCCO[C@H]1O[C@H](CNC(=O)Nc2ccc(CC(=O)[O-])cc2)[C@@H]2OC(C)(C)O[C@H]12.CCCCCCCCCCCCO[C@H]1O[C@H](CNC(=O)Nc2ccc(CC(=O)[O-])cc2)[C@@H]2OC(C)(C)O[C@H]12.[Mg+2]. The minimum atomic E-state index is -1.15. The largest absolute Gasteiger partial charge is 2.00 e. The molecule has 0 spiro atoms. The quantitative estimate of drug-likeness (QED) is 0.0382. The van der Waals surface area contributed by atoms with E-state index in [-0.39, 0.29) is 73.4 Å². The van der Waals surface area contributed by atoms with Gasteiger partial charge in [-0.25, -0.2) is 9.59 Å². The molecule has 4 heterocycles. The first-order chi connectivity index (χ1) is 36.5. The Bertz CT molecular complexity index is 1870. The van der Waals surface area contributed by atoms with Gasteiger partial charge < -0.3 is 79.0 Å². The summed E-state index contributed by atoms with van der Waals surface area (Å²) in [5.41, 5.74) is 2.31. The number of hydrogen-bond acceptors (Lipinski definition) is 14. The van der Waals surface area contributed by atoms with Gasteiger partial charge in [0.15, 0.2) is 24.2 Å². The van der Waals surface area contributed by atoms with Crippen LogP contribution in [0.2, 0.25) is 0 Å². The Balaban J connectivity index is 0.000000328. The Morgan fingerprint density at radius 1 is 0.468 bits per heavy atom. The van der Waals surface area contributed by atoms with Crippen molar-refractivity contribution in [2.45, 2.75) is 244 Å². The van der Waals surface area contributed by atoms with E-state index in [4.69, 9.17) is 37.9 Å². The number of nitrogens with one attached hydrogen (secondary N) is 4. The monoisotopic (exact) mass is 1090 g/mol. The van der Waals surface area contributed by atoms with Crippen molar-refractivity contribution >= 4 is 58.4 Å². The van der Waals surface area contributed by atoms with Gasteiger partial charge in [-0.05, 0) is 75.9 Å². The summed E-state index contributed by atoms with van der Waals surface area (Å²) in [6, 6.07) is 12.3. The molecule has 4 amide bonds. The standard InChI is InChI=1S/2C29H46N2O7.Mg/c2*1-4-5-6-7-8-9-10-11-12-13-18-35-27-26-25(37-29(2,3)38-26)23(36-27)20-30-28(34)31-22-16-14-21(15-17-22)19-24(32)33;/h2*14-17,23,25-27H,4-13,18-20H2,1-3H3,(H,32,33)(H2,30,31,34);/q;;+2/p-2/t2*23-,25+,26+,27+;/m11./s1. The zero-order valence-corrected chi connectivity index (χ0v) is 48.5. The van der Waals surface area contributed by atoms with Gasteiger partial charge in [0.05, 0.1) is 0 Å². The molecule has 0 bridgehead atoms. The summed E-state index contributed by atoms with van der Waals surface area (Å²) in [6.07, 6.45) is 21.7. The van der Waals surface area contributed by atoms with Gasteiger partial charge in [-0.15, -0.1) is 0 Å². The fourth-order valence-corrected chi connectivity index (χ4v) is 9.94. The van der Waals surface area contributed by atoms with Crippen LogP contribution >= 0.6 is 0 Å². The maximum absolute atomic E-state index is 12.4. The topological polar surface area (TPSA) is 236 Å². The molecule has 0 unspecified atom stereocenters. The Morgan fingerprint density at radius 2 is 0.766 bits per heavy atom. The molecule has 4 fully saturated rings. The van der Waals surface area contributed by atoms with Gasteiger partial charge in [0.1, 0.15) is 36.6 Å². The van der Waals surface area contributed by atoms with Crippen LogP contribution in [0.15, 0.2) is 48.5 Å². The van der Waals surface area contributed by atoms with E-state index >= 15 is 0 Å². The third-order valence-electron chi connectivity index (χ3n) is 13.8. The fraction of sp³-hybridized carbons (Fsp3) is 0.724. The van der Waals surface area contributed by atoms with Gasteiger partial charge in [-0.3, -0.25) is 0 Å². The molecule has 77 heavy (non-hydrogen) atoms. The molecule has 0 aromatic heterocycles. The van der Waals surface area contributed by atoms with Crippen molar-refractivity contribution in [1.29, 1.82) is 0 Å². The smallest absolute Gasteiger partial charge is 0.550 e. The molecule has 4 saturated heterocycles. The number of ether oxygens (including phenoxy) is 8. The molecule has 0 radical (unpaired) electrons. The van der Waals surface area contributed by atoms with Crippen LogP contribution < -0.4 is 31.5 Å². The molecular weight excluding hydrogens is 1000 g/mol. The number of carboxylic acids is 2. The van der Waals surface area contributed by atoms with Crippen molar-refractivity contribution in [3.8, 4) is 0 Å². The molecule has 8 atom stereocenters. The number of anilines is 2. The number of rotatable bonds is 34. The molecule has 2 aromatic carbocycles. The van der Waals surface area contributed by atoms with Crippen LogP contribution in [0.4, 0.5) is 21.0 Å². The first-order valence-corrected chi connectivity index (χ1v) is 28.5. The van der Waals surface area contributed by atoms with Crippen LogP contribution in [-0.2, 0) is 60.3 Å². The first-order valence-electron chi connectivity index (χ1n) is 28.5. The van der Waals surface area contributed by atoms with Crippen LogP contribution in [0.5, 0.6) is 0 Å². The third kappa shape index (κ3) is 24.7. The number of benzene rings is 2. The number of carbonyl (C=O) groups excluding carboxylic acids is 4.